The van der Waals surface area contributed by atoms with Gasteiger partial charge in [0, 0.05) is 21.0 Å². The first-order valence-electron chi connectivity index (χ1n) is 7.88. The summed E-state index contributed by atoms with van der Waals surface area (Å²) in [5.41, 5.74) is 2.11. The van der Waals surface area contributed by atoms with E-state index >= 15 is 0 Å². The molecular weight excluding hydrogens is 405 g/mol. The molecule has 0 aliphatic heterocycles. The molecule has 0 saturated carbocycles. The number of anilines is 2. The second-order valence-electron chi connectivity index (χ2n) is 5.71. The third kappa shape index (κ3) is 4.08. The number of nitrogens with zero attached hydrogens (tertiary/aromatic N) is 2. The molecular formula is C20H14Cl3N3O. The fraction of sp³-hybridized carbons (Fsp3) is 0. The summed E-state index contributed by atoms with van der Waals surface area (Å²) in [5.74, 6) is 1.23. The number of para-hydroxylation sites is 1. The molecule has 27 heavy (non-hydrogen) atoms. The lowest BCUT2D eigenvalue weighted by Crippen LogP contribution is -1.99. The predicted octanol–water partition coefficient (Wildman–Crippen LogP) is 6.47. The number of phenolic OH excluding ortho intramolecular Hbond substituents is 1. The zero-order valence-corrected chi connectivity index (χ0v) is 16.2. The van der Waals surface area contributed by atoms with Gasteiger partial charge >= 0.3 is 0 Å². The zero-order chi connectivity index (χ0) is 18.1. The average Bonchev–Trinajstić information content (AvgIpc) is 2.65. The van der Waals surface area contributed by atoms with E-state index in [-0.39, 0.29) is 18.2 Å². The fourth-order valence-corrected chi connectivity index (χ4v) is 2.93. The molecule has 0 atom stereocenters. The third-order valence-electron chi connectivity index (χ3n) is 3.92. The lowest BCUT2D eigenvalue weighted by atomic mass is 10.1. The second-order valence-corrected chi connectivity index (χ2v) is 6.58. The van der Waals surface area contributed by atoms with Crippen molar-refractivity contribution in [2.75, 3.05) is 5.32 Å². The van der Waals surface area contributed by atoms with Crippen LogP contribution < -0.4 is 5.32 Å². The number of aromatic nitrogens is 2. The fourth-order valence-electron chi connectivity index (χ4n) is 2.64. The molecule has 0 bridgehead atoms. The van der Waals surface area contributed by atoms with Gasteiger partial charge in [-0.2, -0.15) is 0 Å². The Kier molecular flexibility index (Phi) is 5.71. The van der Waals surface area contributed by atoms with E-state index in [4.69, 9.17) is 23.2 Å². The third-order valence-corrected chi connectivity index (χ3v) is 4.40. The van der Waals surface area contributed by atoms with Crippen molar-refractivity contribution in [1.29, 1.82) is 0 Å². The molecule has 0 radical (unpaired) electrons. The van der Waals surface area contributed by atoms with Gasteiger partial charge in [0.2, 0.25) is 0 Å². The molecule has 0 aliphatic rings. The Hall–Kier alpha value is -2.53. The quantitative estimate of drug-likeness (QED) is 0.374. The predicted molar refractivity (Wildman–Crippen MR) is 114 cm³/mol. The molecule has 0 saturated heterocycles. The molecule has 1 heterocycles. The maximum atomic E-state index is 10.1. The summed E-state index contributed by atoms with van der Waals surface area (Å²) < 4.78 is 0. The highest BCUT2D eigenvalue weighted by molar-refractivity contribution is 6.31. The first-order chi connectivity index (χ1) is 12.6. The van der Waals surface area contributed by atoms with Crippen molar-refractivity contribution in [2.45, 2.75) is 0 Å². The first kappa shape index (κ1) is 19.2. The van der Waals surface area contributed by atoms with E-state index in [2.05, 4.69) is 15.3 Å². The van der Waals surface area contributed by atoms with E-state index < -0.39 is 0 Å². The Morgan fingerprint density at radius 1 is 0.815 bits per heavy atom. The number of fused-ring (bicyclic) bond motifs is 1. The van der Waals surface area contributed by atoms with Crippen LogP contribution in [0.25, 0.3) is 22.3 Å². The summed E-state index contributed by atoms with van der Waals surface area (Å²) in [5, 5.41) is 15.3. The molecule has 1 aromatic heterocycles. The Morgan fingerprint density at radius 3 is 2.30 bits per heavy atom. The van der Waals surface area contributed by atoms with Crippen LogP contribution in [-0.4, -0.2) is 15.1 Å². The monoisotopic (exact) mass is 417 g/mol. The highest BCUT2D eigenvalue weighted by Crippen LogP contribution is 2.32. The Labute approximate surface area is 172 Å². The topological polar surface area (TPSA) is 58.0 Å². The van der Waals surface area contributed by atoms with Gasteiger partial charge in [0.1, 0.15) is 11.6 Å². The van der Waals surface area contributed by atoms with Crippen molar-refractivity contribution in [2.24, 2.45) is 0 Å². The summed E-state index contributed by atoms with van der Waals surface area (Å²) in [6.45, 7) is 0. The van der Waals surface area contributed by atoms with E-state index in [1.54, 1.807) is 24.3 Å². The zero-order valence-electron chi connectivity index (χ0n) is 13.9. The maximum Gasteiger partial charge on any atom is 0.162 e. The number of phenols is 1. The second kappa shape index (κ2) is 8.01. The van der Waals surface area contributed by atoms with Crippen LogP contribution in [-0.2, 0) is 0 Å². The number of hydrogen-bond acceptors (Lipinski definition) is 4. The van der Waals surface area contributed by atoms with Crippen molar-refractivity contribution in [3.63, 3.8) is 0 Å². The van der Waals surface area contributed by atoms with Gasteiger partial charge in [-0.15, -0.1) is 12.4 Å². The Bertz CT molecular complexity index is 1100. The maximum absolute atomic E-state index is 10.1. The molecule has 0 spiro atoms. The molecule has 4 rings (SSSR count). The summed E-state index contributed by atoms with van der Waals surface area (Å²) in [6.07, 6.45) is 0. The largest absolute Gasteiger partial charge is 0.506 e. The summed E-state index contributed by atoms with van der Waals surface area (Å²) in [6, 6.07) is 19.8. The summed E-state index contributed by atoms with van der Waals surface area (Å²) in [7, 11) is 0. The van der Waals surface area contributed by atoms with E-state index in [0.717, 1.165) is 16.5 Å². The van der Waals surface area contributed by atoms with Gasteiger partial charge in [-0.05, 0) is 54.6 Å². The molecule has 2 N–H and O–H groups in total. The van der Waals surface area contributed by atoms with Crippen LogP contribution in [0.2, 0.25) is 10.0 Å². The van der Waals surface area contributed by atoms with Crippen molar-refractivity contribution in [1.82, 2.24) is 9.97 Å². The van der Waals surface area contributed by atoms with Crippen molar-refractivity contribution >= 4 is 58.0 Å². The summed E-state index contributed by atoms with van der Waals surface area (Å²) >= 11 is 12.0. The summed E-state index contributed by atoms with van der Waals surface area (Å²) in [4.78, 5) is 9.28. The highest BCUT2D eigenvalue weighted by Gasteiger charge is 2.11. The van der Waals surface area contributed by atoms with E-state index in [9.17, 15) is 5.11 Å². The van der Waals surface area contributed by atoms with Gasteiger partial charge in [0.15, 0.2) is 5.82 Å². The molecule has 4 nitrogen and oxygen atoms in total. The van der Waals surface area contributed by atoms with Crippen molar-refractivity contribution in [3.05, 3.63) is 76.8 Å². The van der Waals surface area contributed by atoms with Crippen LogP contribution in [0.5, 0.6) is 5.75 Å². The average molecular weight is 419 g/mol. The minimum Gasteiger partial charge on any atom is -0.506 e. The minimum absolute atomic E-state index is 0. The van der Waals surface area contributed by atoms with Gasteiger partial charge in [-0.1, -0.05) is 35.3 Å². The van der Waals surface area contributed by atoms with Crippen LogP contribution in [0.3, 0.4) is 0 Å². The van der Waals surface area contributed by atoms with Gasteiger partial charge in [-0.25, -0.2) is 9.97 Å². The van der Waals surface area contributed by atoms with Crippen LogP contribution in [0.4, 0.5) is 11.5 Å². The van der Waals surface area contributed by atoms with Crippen molar-refractivity contribution in [3.8, 4) is 17.1 Å². The lowest BCUT2D eigenvalue weighted by molar-refractivity contribution is 0.478. The van der Waals surface area contributed by atoms with E-state index in [1.165, 1.54) is 6.07 Å². The van der Waals surface area contributed by atoms with Crippen LogP contribution in [0, 0.1) is 0 Å². The lowest BCUT2D eigenvalue weighted by Gasteiger charge is -2.12. The molecule has 0 amide bonds. The molecule has 0 unspecified atom stereocenters. The SMILES string of the molecule is Cl.Oc1ccc(Cl)cc1Nc1nc(-c2ccc(Cl)cc2)nc2ccccc12. The minimum atomic E-state index is 0. The number of nitrogens with one attached hydrogen (secondary N) is 1. The molecule has 0 aliphatic carbocycles. The molecule has 4 aromatic rings. The molecule has 136 valence electrons. The van der Waals surface area contributed by atoms with Crippen LogP contribution in [0.1, 0.15) is 0 Å². The van der Waals surface area contributed by atoms with Gasteiger partial charge in [-0.3, -0.25) is 0 Å². The molecule has 7 heteroatoms. The number of hydrogen-bond donors (Lipinski definition) is 2. The molecule has 3 aromatic carbocycles. The van der Waals surface area contributed by atoms with Crippen molar-refractivity contribution < 1.29 is 5.11 Å². The van der Waals surface area contributed by atoms with E-state index in [1.807, 2.05) is 36.4 Å². The number of rotatable bonds is 3. The van der Waals surface area contributed by atoms with Gasteiger partial charge < -0.3 is 10.4 Å². The number of halogens is 3. The normalized spacial score (nSPS) is 10.4. The Balaban J connectivity index is 0.00000210. The number of aromatic hydroxyl groups is 1. The molecule has 0 fully saturated rings. The van der Waals surface area contributed by atoms with Gasteiger partial charge in [0.05, 0.1) is 11.2 Å². The smallest absolute Gasteiger partial charge is 0.162 e. The van der Waals surface area contributed by atoms with Crippen LogP contribution >= 0.6 is 35.6 Å². The Morgan fingerprint density at radius 2 is 1.52 bits per heavy atom. The van der Waals surface area contributed by atoms with Gasteiger partial charge in [0.25, 0.3) is 0 Å². The standard InChI is InChI=1S/C20H13Cl2N3O.ClH/c21-13-7-5-12(6-8-13)19-23-16-4-2-1-3-15(16)20(25-19)24-17-11-14(22)9-10-18(17)26;/h1-11,26H,(H,23,24,25);1H. The highest BCUT2D eigenvalue weighted by atomic mass is 35.5. The van der Waals surface area contributed by atoms with Crippen LogP contribution in [0.15, 0.2) is 66.7 Å². The number of benzene rings is 3. The first-order valence-corrected chi connectivity index (χ1v) is 8.64. The van der Waals surface area contributed by atoms with E-state index in [0.29, 0.717) is 27.4 Å².